The van der Waals surface area contributed by atoms with Gasteiger partial charge in [0.05, 0.1) is 0 Å². The van der Waals surface area contributed by atoms with Crippen LogP contribution >= 0.6 is 0 Å². The first-order chi connectivity index (χ1) is 9.79. The molecule has 2 aromatic rings. The molecule has 20 heavy (non-hydrogen) atoms. The molecule has 0 amide bonds. The SMILES string of the molecule is CCCNc1nccc(N2c3ccccc3CC2C)n1. The molecule has 0 saturated carbocycles. The summed E-state index contributed by atoms with van der Waals surface area (Å²) in [5, 5.41) is 3.25. The van der Waals surface area contributed by atoms with Gasteiger partial charge in [-0.25, -0.2) is 4.98 Å². The standard InChI is InChI=1S/C16H20N4/c1-3-9-17-16-18-10-8-15(19-16)20-12(2)11-13-6-4-5-7-14(13)20/h4-8,10,12H,3,9,11H2,1-2H3,(H,17,18,19). The third-order valence-corrected chi connectivity index (χ3v) is 3.63. The van der Waals surface area contributed by atoms with Crippen molar-refractivity contribution in [2.45, 2.75) is 32.7 Å². The van der Waals surface area contributed by atoms with E-state index in [-0.39, 0.29) is 0 Å². The molecule has 1 unspecified atom stereocenters. The average Bonchev–Trinajstić information content (AvgIpc) is 2.81. The van der Waals surface area contributed by atoms with Gasteiger partial charge in [-0.1, -0.05) is 25.1 Å². The zero-order valence-electron chi connectivity index (χ0n) is 12.0. The van der Waals surface area contributed by atoms with Crippen molar-refractivity contribution in [3.63, 3.8) is 0 Å². The maximum atomic E-state index is 4.65. The molecule has 0 aliphatic carbocycles. The van der Waals surface area contributed by atoms with E-state index >= 15 is 0 Å². The fourth-order valence-electron chi connectivity index (χ4n) is 2.72. The van der Waals surface area contributed by atoms with E-state index in [4.69, 9.17) is 0 Å². The average molecular weight is 268 g/mol. The predicted octanol–water partition coefficient (Wildman–Crippen LogP) is 3.38. The summed E-state index contributed by atoms with van der Waals surface area (Å²) in [4.78, 5) is 11.2. The number of nitrogens with zero attached hydrogens (tertiary/aromatic N) is 3. The third-order valence-electron chi connectivity index (χ3n) is 3.63. The van der Waals surface area contributed by atoms with Gasteiger partial charge in [0.15, 0.2) is 0 Å². The smallest absolute Gasteiger partial charge is 0.224 e. The van der Waals surface area contributed by atoms with Crippen molar-refractivity contribution in [2.75, 3.05) is 16.8 Å². The Morgan fingerprint density at radius 2 is 2.15 bits per heavy atom. The second-order valence-electron chi connectivity index (χ2n) is 5.22. The maximum absolute atomic E-state index is 4.65. The number of nitrogens with one attached hydrogen (secondary N) is 1. The largest absolute Gasteiger partial charge is 0.354 e. The minimum absolute atomic E-state index is 0.432. The van der Waals surface area contributed by atoms with Crippen molar-refractivity contribution in [1.82, 2.24) is 9.97 Å². The predicted molar refractivity (Wildman–Crippen MR) is 82.6 cm³/mol. The van der Waals surface area contributed by atoms with E-state index in [1.165, 1.54) is 11.3 Å². The number of anilines is 3. The Hall–Kier alpha value is -2.10. The summed E-state index contributed by atoms with van der Waals surface area (Å²) in [6.07, 6.45) is 3.96. The Bertz CT molecular complexity index is 597. The molecular formula is C16H20N4. The van der Waals surface area contributed by atoms with Gasteiger partial charge in [0.2, 0.25) is 5.95 Å². The topological polar surface area (TPSA) is 41.1 Å². The summed E-state index contributed by atoms with van der Waals surface area (Å²) in [7, 11) is 0. The van der Waals surface area contributed by atoms with Gasteiger partial charge in [0.25, 0.3) is 0 Å². The Balaban J connectivity index is 1.93. The number of rotatable bonds is 4. The number of para-hydroxylation sites is 1. The van der Waals surface area contributed by atoms with Crippen LogP contribution in [0.5, 0.6) is 0 Å². The third kappa shape index (κ3) is 2.33. The van der Waals surface area contributed by atoms with Crippen molar-refractivity contribution in [3.8, 4) is 0 Å². The summed E-state index contributed by atoms with van der Waals surface area (Å²) in [5.41, 5.74) is 2.65. The Kier molecular flexibility index (Phi) is 3.54. The van der Waals surface area contributed by atoms with Gasteiger partial charge < -0.3 is 10.2 Å². The molecule has 4 heteroatoms. The lowest BCUT2D eigenvalue weighted by Gasteiger charge is -2.24. The van der Waals surface area contributed by atoms with Gasteiger partial charge in [0.1, 0.15) is 5.82 Å². The van der Waals surface area contributed by atoms with Crippen molar-refractivity contribution in [2.24, 2.45) is 0 Å². The molecule has 0 saturated heterocycles. The van der Waals surface area contributed by atoms with Crippen LogP contribution in [0.2, 0.25) is 0 Å². The summed E-state index contributed by atoms with van der Waals surface area (Å²) >= 11 is 0. The van der Waals surface area contributed by atoms with Gasteiger partial charge in [-0.2, -0.15) is 4.98 Å². The van der Waals surface area contributed by atoms with E-state index in [2.05, 4.69) is 58.3 Å². The monoisotopic (exact) mass is 268 g/mol. The van der Waals surface area contributed by atoms with Gasteiger partial charge >= 0.3 is 0 Å². The van der Waals surface area contributed by atoms with E-state index in [0.29, 0.717) is 12.0 Å². The van der Waals surface area contributed by atoms with E-state index in [0.717, 1.165) is 25.2 Å². The highest BCUT2D eigenvalue weighted by Gasteiger charge is 2.27. The molecule has 104 valence electrons. The van der Waals surface area contributed by atoms with E-state index in [1.807, 2.05) is 12.3 Å². The first-order valence-corrected chi connectivity index (χ1v) is 7.23. The normalized spacial score (nSPS) is 17.1. The number of hydrogen-bond acceptors (Lipinski definition) is 4. The molecule has 0 spiro atoms. The molecule has 0 fully saturated rings. The first kappa shape index (κ1) is 12.9. The molecule has 1 aliphatic rings. The van der Waals surface area contributed by atoms with Crippen LogP contribution in [-0.2, 0) is 6.42 Å². The molecule has 1 N–H and O–H groups in total. The Labute approximate surface area is 119 Å². The fourth-order valence-corrected chi connectivity index (χ4v) is 2.72. The summed E-state index contributed by atoms with van der Waals surface area (Å²) < 4.78 is 0. The quantitative estimate of drug-likeness (QED) is 0.923. The highest BCUT2D eigenvalue weighted by molar-refractivity contribution is 5.69. The summed E-state index contributed by atoms with van der Waals surface area (Å²) in [5.74, 6) is 1.68. The van der Waals surface area contributed by atoms with Crippen molar-refractivity contribution < 1.29 is 0 Å². The highest BCUT2D eigenvalue weighted by Crippen LogP contribution is 2.37. The molecule has 1 atom stereocenters. The molecule has 1 aromatic carbocycles. The molecule has 0 bridgehead atoms. The lowest BCUT2D eigenvalue weighted by Crippen LogP contribution is -2.25. The number of hydrogen-bond donors (Lipinski definition) is 1. The van der Waals surface area contributed by atoms with Gasteiger partial charge in [-0.05, 0) is 37.5 Å². The van der Waals surface area contributed by atoms with E-state index < -0.39 is 0 Å². The molecular weight excluding hydrogens is 248 g/mol. The van der Waals surface area contributed by atoms with Gasteiger partial charge in [0, 0.05) is 24.5 Å². The Morgan fingerprint density at radius 1 is 1.30 bits per heavy atom. The minimum atomic E-state index is 0.432. The van der Waals surface area contributed by atoms with Crippen molar-refractivity contribution in [1.29, 1.82) is 0 Å². The molecule has 1 aromatic heterocycles. The lowest BCUT2D eigenvalue weighted by atomic mass is 10.1. The molecule has 2 heterocycles. The molecule has 0 radical (unpaired) electrons. The van der Waals surface area contributed by atoms with Crippen LogP contribution in [-0.4, -0.2) is 22.6 Å². The van der Waals surface area contributed by atoms with Crippen LogP contribution in [0.15, 0.2) is 36.5 Å². The van der Waals surface area contributed by atoms with Gasteiger partial charge in [-0.15, -0.1) is 0 Å². The van der Waals surface area contributed by atoms with Crippen molar-refractivity contribution >= 4 is 17.5 Å². The van der Waals surface area contributed by atoms with Crippen LogP contribution in [0.3, 0.4) is 0 Å². The summed E-state index contributed by atoms with van der Waals surface area (Å²) in [6.45, 7) is 5.27. The number of benzene rings is 1. The Morgan fingerprint density at radius 3 is 3.00 bits per heavy atom. The second kappa shape index (κ2) is 5.49. The van der Waals surface area contributed by atoms with Crippen LogP contribution in [0.4, 0.5) is 17.5 Å². The minimum Gasteiger partial charge on any atom is -0.354 e. The van der Waals surface area contributed by atoms with Gasteiger partial charge in [-0.3, -0.25) is 0 Å². The van der Waals surface area contributed by atoms with Crippen LogP contribution in [0.25, 0.3) is 0 Å². The zero-order chi connectivity index (χ0) is 13.9. The van der Waals surface area contributed by atoms with Crippen LogP contribution in [0, 0.1) is 0 Å². The molecule has 3 rings (SSSR count). The number of aromatic nitrogens is 2. The number of fused-ring (bicyclic) bond motifs is 1. The molecule has 1 aliphatic heterocycles. The van der Waals surface area contributed by atoms with E-state index in [9.17, 15) is 0 Å². The van der Waals surface area contributed by atoms with E-state index in [1.54, 1.807) is 0 Å². The summed E-state index contributed by atoms with van der Waals surface area (Å²) in [6, 6.07) is 11.0. The maximum Gasteiger partial charge on any atom is 0.224 e. The van der Waals surface area contributed by atoms with Crippen LogP contribution < -0.4 is 10.2 Å². The second-order valence-corrected chi connectivity index (χ2v) is 5.22. The highest BCUT2D eigenvalue weighted by atomic mass is 15.3. The lowest BCUT2D eigenvalue weighted by molar-refractivity contribution is 0.749. The fraction of sp³-hybridized carbons (Fsp3) is 0.375. The molecule has 4 nitrogen and oxygen atoms in total. The van der Waals surface area contributed by atoms with Crippen LogP contribution in [0.1, 0.15) is 25.8 Å². The first-order valence-electron chi connectivity index (χ1n) is 7.23. The zero-order valence-corrected chi connectivity index (χ0v) is 12.0. The van der Waals surface area contributed by atoms with Crippen molar-refractivity contribution in [3.05, 3.63) is 42.1 Å².